The molecular formula is C20H19FN2. The Bertz CT molecular complexity index is 844. The van der Waals surface area contributed by atoms with E-state index in [1.807, 2.05) is 13.0 Å². The van der Waals surface area contributed by atoms with Crippen molar-refractivity contribution < 1.29 is 4.39 Å². The summed E-state index contributed by atoms with van der Waals surface area (Å²) in [7, 11) is 0. The zero-order valence-electron chi connectivity index (χ0n) is 13.8. The van der Waals surface area contributed by atoms with Crippen LogP contribution in [-0.4, -0.2) is 9.97 Å². The summed E-state index contributed by atoms with van der Waals surface area (Å²) in [4.78, 5) is 8.85. The number of aromatic nitrogens is 2. The number of benzene rings is 2. The molecule has 3 rings (SSSR count). The van der Waals surface area contributed by atoms with E-state index in [1.165, 1.54) is 22.8 Å². The van der Waals surface area contributed by atoms with Gasteiger partial charge in [-0.2, -0.15) is 0 Å². The first-order chi connectivity index (χ1) is 11.0. The van der Waals surface area contributed by atoms with Crippen molar-refractivity contribution in [2.24, 2.45) is 0 Å². The predicted octanol–water partition coefficient (Wildman–Crippen LogP) is 5.18. The molecule has 0 aliphatic rings. The summed E-state index contributed by atoms with van der Waals surface area (Å²) in [6.45, 7) is 8.15. The number of halogens is 1. The van der Waals surface area contributed by atoms with Gasteiger partial charge in [0.2, 0.25) is 0 Å². The summed E-state index contributed by atoms with van der Waals surface area (Å²) in [5, 5.41) is 0. The van der Waals surface area contributed by atoms with Gasteiger partial charge < -0.3 is 0 Å². The molecule has 0 fully saturated rings. The molecule has 0 amide bonds. The fourth-order valence-corrected chi connectivity index (χ4v) is 2.64. The Balaban J connectivity index is 1.99. The number of rotatable bonds is 2. The van der Waals surface area contributed by atoms with Crippen LogP contribution >= 0.6 is 0 Å². The van der Waals surface area contributed by atoms with Crippen LogP contribution in [0.4, 0.5) is 4.39 Å². The first-order valence-corrected chi connectivity index (χ1v) is 7.62. The topological polar surface area (TPSA) is 25.8 Å². The average Bonchev–Trinajstić information content (AvgIpc) is 2.52. The Labute approximate surface area is 136 Å². The quantitative estimate of drug-likeness (QED) is 0.651. The van der Waals surface area contributed by atoms with Crippen molar-refractivity contribution in [1.82, 2.24) is 9.97 Å². The van der Waals surface area contributed by atoms with Gasteiger partial charge in [-0.15, -0.1) is 0 Å². The van der Waals surface area contributed by atoms with E-state index in [0.29, 0.717) is 17.0 Å². The first-order valence-electron chi connectivity index (χ1n) is 7.62. The van der Waals surface area contributed by atoms with Gasteiger partial charge in [-0.1, -0.05) is 12.1 Å². The molecule has 2 aromatic carbocycles. The van der Waals surface area contributed by atoms with Crippen molar-refractivity contribution >= 4 is 0 Å². The predicted molar refractivity (Wildman–Crippen MR) is 91.8 cm³/mol. The summed E-state index contributed by atoms with van der Waals surface area (Å²) in [5.41, 5.74) is 6.82. The minimum atomic E-state index is -0.247. The molecule has 0 aliphatic carbocycles. The first kappa shape index (κ1) is 15.3. The van der Waals surface area contributed by atoms with Crippen molar-refractivity contribution in [1.29, 1.82) is 0 Å². The van der Waals surface area contributed by atoms with Crippen LogP contribution in [0.3, 0.4) is 0 Å². The second-order valence-electron chi connectivity index (χ2n) is 6.01. The summed E-state index contributed by atoms with van der Waals surface area (Å²) in [6, 6.07) is 9.35. The molecule has 0 radical (unpaired) electrons. The van der Waals surface area contributed by atoms with E-state index in [1.54, 1.807) is 18.5 Å². The molecule has 1 heterocycles. The largest absolute Gasteiger partial charge is 0.236 e. The molecule has 0 N–H and O–H groups in total. The van der Waals surface area contributed by atoms with E-state index < -0.39 is 0 Å². The van der Waals surface area contributed by atoms with Gasteiger partial charge in [0.05, 0.1) is 0 Å². The van der Waals surface area contributed by atoms with Gasteiger partial charge in [-0.25, -0.2) is 14.4 Å². The third kappa shape index (κ3) is 3.00. The lowest BCUT2D eigenvalue weighted by Gasteiger charge is -2.09. The maximum Gasteiger partial charge on any atom is 0.159 e. The molecule has 0 spiro atoms. The minimum absolute atomic E-state index is 0.247. The van der Waals surface area contributed by atoms with E-state index >= 15 is 0 Å². The Morgan fingerprint density at radius 2 is 1.39 bits per heavy atom. The van der Waals surface area contributed by atoms with E-state index in [0.717, 1.165) is 11.1 Å². The van der Waals surface area contributed by atoms with Gasteiger partial charge in [0.25, 0.3) is 0 Å². The minimum Gasteiger partial charge on any atom is -0.236 e. The van der Waals surface area contributed by atoms with Crippen molar-refractivity contribution in [3.05, 3.63) is 70.8 Å². The van der Waals surface area contributed by atoms with E-state index in [9.17, 15) is 4.39 Å². The molecule has 0 saturated heterocycles. The second-order valence-corrected chi connectivity index (χ2v) is 6.01. The second kappa shape index (κ2) is 5.92. The van der Waals surface area contributed by atoms with Gasteiger partial charge >= 0.3 is 0 Å². The van der Waals surface area contributed by atoms with Crippen LogP contribution in [0.25, 0.3) is 22.5 Å². The van der Waals surface area contributed by atoms with Crippen molar-refractivity contribution in [2.45, 2.75) is 27.7 Å². The Kier molecular flexibility index (Phi) is 3.95. The highest BCUT2D eigenvalue weighted by molar-refractivity contribution is 5.65. The number of hydrogen-bond donors (Lipinski definition) is 0. The van der Waals surface area contributed by atoms with Crippen LogP contribution in [0.15, 0.2) is 42.7 Å². The fourth-order valence-electron chi connectivity index (χ4n) is 2.64. The van der Waals surface area contributed by atoms with Crippen LogP contribution in [0.1, 0.15) is 22.3 Å². The summed E-state index contributed by atoms with van der Waals surface area (Å²) in [5.74, 6) is 0.413. The number of nitrogens with zero attached hydrogens (tertiary/aromatic N) is 2. The summed E-state index contributed by atoms with van der Waals surface area (Å²) in [6.07, 6.45) is 3.36. The normalized spacial score (nSPS) is 10.8. The lowest BCUT2D eigenvalue weighted by atomic mass is 10.00. The zero-order chi connectivity index (χ0) is 16.6. The van der Waals surface area contributed by atoms with Crippen LogP contribution in [0, 0.1) is 33.5 Å². The molecule has 3 heteroatoms. The van der Waals surface area contributed by atoms with Gasteiger partial charge in [0, 0.05) is 29.1 Å². The highest BCUT2D eigenvalue weighted by Crippen LogP contribution is 2.25. The van der Waals surface area contributed by atoms with Crippen molar-refractivity contribution in [3.63, 3.8) is 0 Å². The third-order valence-electron chi connectivity index (χ3n) is 4.27. The maximum atomic E-state index is 14.1. The molecule has 0 atom stereocenters. The van der Waals surface area contributed by atoms with Gasteiger partial charge in [0.1, 0.15) is 5.82 Å². The third-order valence-corrected chi connectivity index (χ3v) is 4.27. The summed E-state index contributed by atoms with van der Waals surface area (Å²) < 4.78 is 14.1. The Hall–Kier alpha value is -2.55. The molecular weight excluding hydrogens is 287 g/mol. The number of aryl methyl sites for hydroxylation is 3. The highest BCUT2D eigenvalue weighted by Gasteiger charge is 2.09. The van der Waals surface area contributed by atoms with E-state index in [2.05, 4.69) is 42.9 Å². The smallest absolute Gasteiger partial charge is 0.159 e. The lowest BCUT2D eigenvalue weighted by Crippen LogP contribution is -1.94. The van der Waals surface area contributed by atoms with Crippen LogP contribution in [0.2, 0.25) is 0 Å². The molecule has 2 nitrogen and oxygen atoms in total. The molecule has 0 unspecified atom stereocenters. The van der Waals surface area contributed by atoms with E-state index in [-0.39, 0.29) is 5.82 Å². The maximum absolute atomic E-state index is 14.1. The molecule has 0 aliphatic heterocycles. The van der Waals surface area contributed by atoms with Gasteiger partial charge in [0.15, 0.2) is 5.82 Å². The molecule has 0 bridgehead atoms. The Morgan fingerprint density at radius 1 is 0.783 bits per heavy atom. The summed E-state index contributed by atoms with van der Waals surface area (Å²) >= 11 is 0. The van der Waals surface area contributed by atoms with Crippen molar-refractivity contribution in [3.8, 4) is 22.5 Å². The van der Waals surface area contributed by atoms with Crippen molar-refractivity contribution in [2.75, 3.05) is 0 Å². The molecule has 116 valence electrons. The average molecular weight is 306 g/mol. The SMILES string of the molecule is Cc1ccc(-c2cnc(-c3cc(C)c(C)c(C)c3)nc2)c(F)c1. The van der Waals surface area contributed by atoms with E-state index in [4.69, 9.17) is 0 Å². The fraction of sp³-hybridized carbons (Fsp3) is 0.200. The van der Waals surface area contributed by atoms with Crippen LogP contribution in [-0.2, 0) is 0 Å². The monoisotopic (exact) mass is 306 g/mol. The zero-order valence-corrected chi connectivity index (χ0v) is 13.8. The highest BCUT2D eigenvalue weighted by atomic mass is 19.1. The molecule has 1 aromatic heterocycles. The molecule has 0 saturated carbocycles. The Morgan fingerprint density at radius 3 is 1.96 bits per heavy atom. The number of hydrogen-bond acceptors (Lipinski definition) is 2. The molecule has 23 heavy (non-hydrogen) atoms. The standard InChI is InChI=1S/C20H19FN2/c1-12-5-6-18(19(21)7-12)17-10-22-20(23-11-17)16-8-13(2)15(4)14(3)9-16/h5-11H,1-4H3. The van der Waals surface area contributed by atoms with Crippen LogP contribution in [0.5, 0.6) is 0 Å². The lowest BCUT2D eigenvalue weighted by molar-refractivity contribution is 0.630. The molecule has 3 aromatic rings. The van der Waals surface area contributed by atoms with Crippen LogP contribution < -0.4 is 0 Å². The van der Waals surface area contributed by atoms with Gasteiger partial charge in [-0.05, 0) is 68.1 Å². The van der Waals surface area contributed by atoms with Gasteiger partial charge in [-0.3, -0.25) is 0 Å².